The van der Waals surface area contributed by atoms with Gasteiger partial charge in [-0.1, -0.05) is 170 Å². The van der Waals surface area contributed by atoms with Crippen molar-refractivity contribution in [1.82, 2.24) is 9.55 Å². The third kappa shape index (κ3) is 5.32. The Morgan fingerprint density at radius 1 is 0.321 bits per heavy atom. The average Bonchev–Trinajstić information content (AvgIpc) is 3.63. The topological polar surface area (TPSA) is 17.8 Å². The van der Waals surface area contributed by atoms with E-state index in [0.29, 0.717) is 0 Å². The molecule has 0 spiro atoms. The first-order chi connectivity index (χ1) is 26.3. The van der Waals surface area contributed by atoms with E-state index in [4.69, 9.17) is 4.98 Å². The SMILES string of the molecule is c1ccc(-c2cccc(-c3c4ccccc4c(-c4ccccc4-c4nc5ccccc5n4-c4ccccc4)c4ccc(-c5ccccc5)cc34)c2)cc1. The summed E-state index contributed by atoms with van der Waals surface area (Å²) in [6, 6.07) is 74.1. The van der Waals surface area contributed by atoms with Gasteiger partial charge in [-0.25, -0.2) is 4.98 Å². The number of hydrogen-bond acceptors (Lipinski definition) is 1. The van der Waals surface area contributed by atoms with Crippen molar-refractivity contribution in [2.45, 2.75) is 0 Å². The van der Waals surface area contributed by atoms with Crippen LogP contribution >= 0.6 is 0 Å². The highest BCUT2D eigenvalue weighted by Gasteiger charge is 2.22. The molecule has 1 aromatic heterocycles. The normalized spacial score (nSPS) is 11.4. The molecule has 0 saturated carbocycles. The lowest BCUT2D eigenvalue weighted by molar-refractivity contribution is 1.10. The molecule has 0 amide bonds. The minimum absolute atomic E-state index is 0.922. The van der Waals surface area contributed by atoms with Gasteiger partial charge in [-0.05, 0) is 102 Å². The highest BCUT2D eigenvalue weighted by atomic mass is 15.1. The van der Waals surface area contributed by atoms with Crippen LogP contribution in [0.25, 0.3) is 94.2 Å². The highest BCUT2D eigenvalue weighted by Crippen LogP contribution is 2.47. The van der Waals surface area contributed by atoms with Crippen LogP contribution in [0.3, 0.4) is 0 Å². The van der Waals surface area contributed by atoms with E-state index >= 15 is 0 Å². The molecule has 53 heavy (non-hydrogen) atoms. The van der Waals surface area contributed by atoms with Crippen molar-refractivity contribution in [2.75, 3.05) is 0 Å². The van der Waals surface area contributed by atoms with Crippen LogP contribution in [0.5, 0.6) is 0 Å². The van der Waals surface area contributed by atoms with Gasteiger partial charge >= 0.3 is 0 Å². The Balaban J connectivity index is 1.30. The third-order valence-electron chi connectivity index (χ3n) is 10.4. The molecule has 0 radical (unpaired) electrons. The second kappa shape index (κ2) is 12.9. The van der Waals surface area contributed by atoms with Gasteiger partial charge in [-0.2, -0.15) is 0 Å². The predicted molar refractivity (Wildman–Crippen MR) is 223 cm³/mol. The largest absolute Gasteiger partial charge is 0.292 e. The molecule has 0 aliphatic carbocycles. The standard InChI is InChI=1S/C51H34N2/c1-4-17-35(18-5-1)37-21-16-22-39(33-37)49-41-25-10-11-26-42(41)50(44-32-31-38(34-46(44)49)36-19-6-2-7-20-36)43-27-12-13-28-45(43)51-52-47-29-14-15-30-48(47)53(51)40-23-8-3-9-24-40/h1-34H. The summed E-state index contributed by atoms with van der Waals surface area (Å²) in [4.78, 5) is 5.33. The summed E-state index contributed by atoms with van der Waals surface area (Å²) in [6.45, 7) is 0. The Morgan fingerprint density at radius 2 is 0.849 bits per heavy atom. The summed E-state index contributed by atoms with van der Waals surface area (Å²) >= 11 is 0. The molecule has 2 heteroatoms. The minimum Gasteiger partial charge on any atom is -0.292 e. The molecule has 0 atom stereocenters. The number of aromatic nitrogens is 2. The first kappa shape index (κ1) is 30.8. The maximum Gasteiger partial charge on any atom is 0.146 e. The highest BCUT2D eigenvalue weighted by molar-refractivity contribution is 6.23. The number of benzene rings is 9. The van der Waals surface area contributed by atoms with Crippen LogP contribution in [0.1, 0.15) is 0 Å². The van der Waals surface area contributed by atoms with Gasteiger partial charge in [0.2, 0.25) is 0 Å². The van der Waals surface area contributed by atoms with E-state index in [9.17, 15) is 0 Å². The van der Waals surface area contributed by atoms with Crippen LogP contribution < -0.4 is 0 Å². The van der Waals surface area contributed by atoms with Gasteiger partial charge in [0.15, 0.2) is 0 Å². The average molecular weight is 675 g/mol. The van der Waals surface area contributed by atoms with E-state index in [1.54, 1.807) is 0 Å². The van der Waals surface area contributed by atoms with Crippen LogP contribution in [-0.4, -0.2) is 9.55 Å². The smallest absolute Gasteiger partial charge is 0.146 e. The second-order valence-corrected chi connectivity index (χ2v) is 13.5. The van der Waals surface area contributed by atoms with Crippen molar-refractivity contribution >= 4 is 32.6 Å². The van der Waals surface area contributed by atoms with Crippen LogP contribution in [-0.2, 0) is 0 Å². The van der Waals surface area contributed by atoms with Crippen LogP contribution in [0, 0.1) is 0 Å². The first-order valence-corrected chi connectivity index (χ1v) is 18.1. The maximum atomic E-state index is 5.33. The Hall–Kier alpha value is -7.03. The Kier molecular flexibility index (Phi) is 7.51. The summed E-state index contributed by atoms with van der Waals surface area (Å²) in [7, 11) is 0. The summed E-state index contributed by atoms with van der Waals surface area (Å²) < 4.78 is 2.30. The first-order valence-electron chi connectivity index (χ1n) is 18.1. The van der Waals surface area contributed by atoms with Gasteiger partial charge in [-0.3, -0.25) is 4.57 Å². The number of para-hydroxylation sites is 3. The van der Waals surface area contributed by atoms with Gasteiger partial charge < -0.3 is 0 Å². The van der Waals surface area contributed by atoms with Crippen molar-refractivity contribution in [3.05, 3.63) is 206 Å². The second-order valence-electron chi connectivity index (χ2n) is 13.5. The van der Waals surface area contributed by atoms with E-state index in [-0.39, 0.29) is 0 Å². The van der Waals surface area contributed by atoms with Crippen molar-refractivity contribution in [3.63, 3.8) is 0 Å². The van der Waals surface area contributed by atoms with E-state index in [0.717, 1.165) is 33.7 Å². The van der Waals surface area contributed by atoms with Crippen molar-refractivity contribution in [1.29, 1.82) is 0 Å². The van der Waals surface area contributed by atoms with Crippen molar-refractivity contribution < 1.29 is 0 Å². The van der Waals surface area contributed by atoms with Crippen molar-refractivity contribution in [3.8, 4) is 61.6 Å². The molecule has 10 rings (SSSR count). The molecule has 0 fully saturated rings. The minimum atomic E-state index is 0.922. The number of fused-ring (bicyclic) bond motifs is 3. The summed E-state index contributed by atoms with van der Waals surface area (Å²) in [5, 5.41) is 4.86. The molecule has 0 aliphatic heterocycles. The molecule has 2 nitrogen and oxygen atoms in total. The van der Waals surface area contributed by atoms with E-state index in [1.165, 1.54) is 60.5 Å². The zero-order valence-electron chi connectivity index (χ0n) is 29.0. The maximum absolute atomic E-state index is 5.33. The molecular weight excluding hydrogens is 641 g/mol. The van der Waals surface area contributed by atoms with E-state index < -0.39 is 0 Å². The molecular formula is C51H34N2. The lowest BCUT2D eigenvalue weighted by Gasteiger charge is -2.21. The van der Waals surface area contributed by atoms with E-state index in [1.807, 2.05) is 0 Å². The molecule has 0 N–H and O–H groups in total. The molecule has 1 heterocycles. The van der Waals surface area contributed by atoms with Crippen molar-refractivity contribution in [2.24, 2.45) is 0 Å². The van der Waals surface area contributed by atoms with Gasteiger partial charge in [0.1, 0.15) is 5.82 Å². The molecule has 0 saturated heterocycles. The summed E-state index contributed by atoms with van der Waals surface area (Å²) in [6.07, 6.45) is 0. The third-order valence-corrected chi connectivity index (χ3v) is 10.4. The molecule has 9 aromatic carbocycles. The number of hydrogen-bond donors (Lipinski definition) is 0. The number of nitrogens with zero attached hydrogens (tertiary/aromatic N) is 2. The fourth-order valence-corrected chi connectivity index (χ4v) is 8.02. The van der Waals surface area contributed by atoms with E-state index in [2.05, 4.69) is 211 Å². The lowest BCUT2D eigenvalue weighted by atomic mass is 9.83. The summed E-state index contributed by atoms with van der Waals surface area (Å²) in [5.41, 5.74) is 13.8. The Bertz CT molecular complexity index is 2920. The van der Waals surface area contributed by atoms with Gasteiger partial charge in [0, 0.05) is 11.3 Å². The van der Waals surface area contributed by atoms with Gasteiger partial charge in [-0.15, -0.1) is 0 Å². The Labute approximate surface area is 308 Å². The quantitative estimate of drug-likeness (QED) is 0.161. The summed E-state index contributed by atoms with van der Waals surface area (Å²) in [5.74, 6) is 0.922. The molecule has 0 unspecified atom stereocenters. The fraction of sp³-hybridized carbons (Fsp3) is 0. The fourth-order valence-electron chi connectivity index (χ4n) is 8.02. The van der Waals surface area contributed by atoms with Gasteiger partial charge in [0.05, 0.1) is 11.0 Å². The van der Waals surface area contributed by atoms with Crippen LogP contribution in [0.15, 0.2) is 206 Å². The van der Waals surface area contributed by atoms with Gasteiger partial charge in [0.25, 0.3) is 0 Å². The molecule has 248 valence electrons. The number of rotatable bonds is 6. The molecule has 10 aromatic rings. The lowest BCUT2D eigenvalue weighted by Crippen LogP contribution is -1.99. The zero-order valence-corrected chi connectivity index (χ0v) is 29.0. The van der Waals surface area contributed by atoms with Crippen LogP contribution in [0.4, 0.5) is 0 Å². The molecule has 0 aliphatic rings. The Morgan fingerprint density at radius 3 is 1.58 bits per heavy atom. The van der Waals surface area contributed by atoms with Crippen LogP contribution in [0.2, 0.25) is 0 Å². The predicted octanol–water partition coefficient (Wildman–Crippen LogP) is 13.7. The zero-order chi connectivity index (χ0) is 35.1. The molecule has 0 bridgehead atoms. The monoisotopic (exact) mass is 674 g/mol. The number of imidazole rings is 1.